The van der Waals surface area contributed by atoms with Gasteiger partial charge in [0.15, 0.2) is 0 Å². The molecule has 2 N–H and O–H groups in total. The molecule has 2 nitrogen and oxygen atoms in total. The van der Waals surface area contributed by atoms with E-state index in [1.807, 2.05) is 6.92 Å². The number of hydrogen-bond donors (Lipinski definition) is 1. The van der Waals surface area contributed by atoms with Crippen molar-refractivity contribution in [3.05, 3.63) is 29.6 Å². The summed E-state index contributed by atoms with van der Waals surface area (Å²) in [7, 11) is 0. The summed E-state index contributed by atoms with van der Waals surface area (Å²) < 4.78 is 18.8. The molecule has 0 spiro atoms. The van der Waals surface area contributed by atoms with Crippen molar-refractivity contribution in [2.24, 2.45) is 5.73 Å². The molecule has 0 aliphatic heterocycles. The Morgan fingerprint density at radius 1 is 1.22 bits per heavy atom. The summed E-state index contributed by atoms with van der Waals surface area (Å²) in [5, 5.41) is 0. The Kier molecular flexibility index (Phi) is 6.73. The van der Waals surface area contributed by atoms with Gasteiger partial charge in [0.1, 0.15) is 11.6 Å². The van der Waals surface area contributed by atoms with Gasteiger partial charge < -0.3 is 10.5 Å². The normalized spacial score (nSPS) is 12.4. The Labute approximate surface area is 109 Å². The Morgan fingerprint density at radius 2 is 1.94 bits per heavy atom. The van der Waals surface area contributed by atoms with E-state index in [9.17, 15) is 4.39 Å². The summed E-state index contributed by atoms with van der Waals surface area (Å²) in [4.78, 5) is 0. The third-order valence-electron chi connectivity index (χ3n) is 2.97. The Morgan fingerprint density at radius 3 is 2.61 bits per heavy atom. The highest BCUT2D eigenvalue weighted by atomic mass is 19.1. The van der Waals surface area contributed by atoms with Crippen molar-refractivity contribution in [2.45, 2.75) is 52.0 Å². The summed E-state index contributed by atoms with van der Waals surface area (Å²) in [5.74, 6) is 0.444. The molecule has 18 heavy (non-hydrogen) atoms. The first kappa shape index (κ1) is 15.0. The van der Waals surface area contributed by atoms with Gasteiger partial charge in [0.05, 0.1) is 6.61 Å². The number of benzene rings is 1. The number of rotatable bonds is 8. The van der Waals surface area contributed by atoms with Gasteiger partial charge in [0.25, 0.3) is 0 Å². The van der Waals surface area contributed by atoms with Gasteiger partial charge in [-0.2, -0.15) is 0 Å². The molecular weight excluding hydrogens is 229 g/mol. The minimum Gasteiger partial charge on any atom is -0.493 e. The molecule has 102 valence electrons. The van der Waals surface area contributed by atoms with E-state index in [0.717, 1.165) is 12.0 Å². The molecule has 0 aliphatic rings. The highest BCUT2D eigenvalue weighted by molar-refractivity contribution is 5.36. The van der Waals surface area contributed by atoms with Crippen LogP contribution in [0.4, 0.5) is 4.39 Å². The van der Waals surface area contributed by atoms with Gasteiger partial charge in [0.2, 0.25) is 0 Å². The quantitative estimate of drug-likeness (QED) is 0.705. The monoisotopic (exact) mass is 253 g/mol. The zero-order chi connectivity index (χ0) is 13.4. The Balaban J connectivity index is 2.42. The summed E-state index contributed by atoms with van der Waals surface area (Å²) in [6.45, 7) is 4.71. The Bertz CT molecular complexity index is 352. The topological polar surface area (TPSA) is 35.2 Å². The van der Waals surface area contributed by atoms with Crippen LogP contribution in [0.3, 0.4) is 0 Å². The van der Waals surface area contributed by atoms with Crippen molar-refractivity contribution in [2.75, 3.05) is 6.61 Å². The number of ether oxygens (including phenoxy) is 1. The van der Waals surface area contributed by atoms with Crippen LogP contribution < -0.4 is 10.5 Å². The van der Waals surface area contributed by atoms with E-state index in [2.05, 4.69) is 6.92 Å². The molecule has 1 aromatic carbocycles. The van der Waals surface area contributed by atoms with Crippen LogP contribution in [-0.2, 0) is 0 Å². The van der Waals surface area contributed by atoms with Crippen molar-refractivity contribution in [1.82, 2.24) is 0 Å². The van der Waals surface area contributed by atoms with Crippen molar-refractivity contribution in [3.63, 3.8) is 0 Å². The van der Waals surface area contributed by atoms with E-state index in [-0.39, 0.29) is 11.9 Å². The van der Waals surface area contributed by atoms with Crippen LogP contribution in [0.5, 0.6) is 5.75 Å². The average molecular weight is 253 g/mol. The molecule has 0 saturated heterocycles. The summed E-state index contributed by atoms with van der Waals surface area (Å²) in [5.41, 5.74) is 6.55. The third kappa shape index (κ3) is 5.05. The lowest BCUT2D eigenvalue weighted by Gasteiger charge is -2.14. The second-order valence-corrected chi connectivity index (χ2v) is 4.73. The van der Waals surface area contributed by atoms with Gasteiger partial charge in [-0.1, -0.05) is 32.6 Å². The van der Waals surface area contributed by atoms with Crippen LogP contribution in [0, 0.1) is 5.82 Å². The molecule has 3 heteroatoms. The molecule has 0 bridgehead atoms. The molecule has 0 fully saturated rings. The zero-order valence-electron chi connectivity index (χ0n) is 11.4. The van der Waals surface area contributed by atoms with Gasteiger partial charge in [0, 0.05) is 11.6 Å². The van der Waals surface area contributed by atoms with Crippen LogP contribution >= 0.6 is 0 Å². The average Bonchev–Trinajstić information content (AvgIpc) is 2.35. The SMILES string of the molecule is CCCCCCCOc1ccc(F)cc1C(C)N. The van der Waals surface area contributed by atoms with Gasteiger partial charge in [-0.15, -0.1) is 0 Å². The van der Waals surface area contributed by atoms with Crippen LogP contribution in [0.15, 0.2) is 18.2 Å². The number of halogens is 1. The molecule has 0 heterocycles. The molecule has 0 aromatic heterocycles. The molecule has 0 radical (unpaired) electrons. The van der Waals surface area contributed by atoms with Crippen molar-refractivity contribution in [1.29, 1.82) is 0 Å². The smallest absolute Gasteiger partial charge is 0.124 e. The minimum absolute atomic E-state index is 0.212. The van der Waals surface area contributed by atoms with Crippen molar-refractivity contribution >= 4 is 0 Å². The summed E-state index contributed by atoms with van der Waals surface area (Å²) in [6.07, 6.45) is 6.00. The molecule has 1 unspecified atom stereocenters. The molecule has 1 rings (SSSR count). The number of unbranched alkanes of at least 4 members (excludes halogenated alkanes) is 4. The van der Waals surface area contributed by atoms with Crippen LogP contribution in [0.25, 0.3) is 0 Å². The number of nitrogens with two attached hydrogens (primary N) is 1. The van der Waals surface area contributed by atoms with Crippen LogP contribution in [0.1, 0.15) is 57.6 Å². The fourth-order valence-electron chi connectivity index (χ4n) is 1.89. The molecule has 0 aliphatic carbocycles. The predicted molar refractivity (Wildman–Crippen MR) is 73.3 cm³/mol. The van der Waals surface area contributed by atoms with Gasteiger partial charge in [-0.05, 0) is 31.5 Å². The van der Waals surface area contributed by atoms with E-state index >= 15 is 0 Å². The lowest BCUT2D eigenvalue weighted by molar-refractivity contribution is 0.300. The molecule has 0 saturated carbocycles. The van der Waals surface area contributed by atoms with Gasteiger partial charge in [-0.25, -0.2) is 4.39 Å². The lowest BCUT2D eigenvalue weighted by atomic mass is 10.1. The van der Waals surface area contributed by atoms with E-state index < -0.39 is 0 Å². The third-order valence-corrected chi connectivity index (χ3v) is 2.97. The van der Waals surface area contributed by atoms with Gasteiger partial charge in [-0.3, -0.25) is 0 Å². The number of hydrogen-bond acceptors (Lipinski definition) is 2. The van der Waals surface area contributed by atoms with Crippen molar-refractivity contribution in [3.8, 4) is 5.75 Å². The maximum atomic E-state index is 13.1. The fraction of sp³-hybridized carbons (Fsp3) is 0.600. The largest absolute Gasteiger partial charge is 0.493 e. The Hall–Kier alpha value is -1.09. The van der Waals surface area contributed by atoms with Crippen LogP contribution in [0.2, 0.25) is 0 Å². The van der Waals surface area contributed by atoms with E-state index in [1.54, 1.807) is 6.07 Å². The first-order valence-electron chi connectivity index (χ1n) is 6.83. The maximum Gasteiger partial charge on any atom is 0.124 e. The first-order chi connectivity index (χ1) is 8.65. The zero-order valence-corrected chi connectivity index (χ0v) is 11.4. The highest BCUT2D eigenvalue weighted by Crippen LogP contribution is 2.25. The van der Waals surface area contributed by atoms with Crippen molar-refractivity contribution < 1.29 is 9.13 Å². The van der Waals surface area contributed by atoms with E-state index in [1.165, 1.54) is 37.8 Å². The molecular formula is C15H24FNO. The second-order valence-electron chi connectivity index (χ2n) is 4.73. The molecule has 1 aromatic rings. The standard InChI is InChI=1S/C15H24FNO/c1-3-4-5-6-7-10-18-15-9-8-13(16)11-14(15)12(2)17/h8-9,11-12H,3-7,10,17H2,1-2H3. The van der Waals surface area contributed by atoms with Gasteiger partial charge >= 0.3 is 0 Å². The summed E-state index contributed by atoms with van der Waals surface area (Å²) >= 11 is 0. The summed E-state index contributed by atoms with van der Waals surface area (Å²) in [6, 6.07) is 4.32. The fourth-order valence-corrected chi connectivity index (χ4v) is 1.89. The van der Waals surface area contributed by atoms with Crippen LogP contribution in [-0.4, -0.2) is 6.61 Å². The molecule has 0 amide bonds. The first-order valence-corrected chi connectivity index (χ1v) is 6.83. The maximum absolute atomic E-state index is 13.1. The second kappa shape index (κ2) is 8.09. The van der Waals surface area contributed by atoms with E-state index in [0.29, 0.717) is 12.4 Å². The molecule has 1 atom stereocenters. The van der Waals surface area contributed by atoms with E-state index in [4.69, 9.17) is 10.5 Å². The minimum atomic E-state index is -0.266. The lowest BCUT2D eigenvalue weighted by Crippen LogP contribution is -2.09. The predicted octanol–water partition coefficient (Wildman–Crippen LogP) is 4.19. The highest BCUT2D eigenvalue weighted by Gasteiger charge is 2.09.